The van der Waals surface area contributed by atoms with Crippen molar-refractivity contribution in [3.63, 3.8) is 0 Å². The lowest BCUT2D eigenvalue weighted by molar-refractivity contribution is -0.137. The molecule has 2 N–H and O–H groups in total. The number of ether oxygens (including phenoxy) is 1. The van der Waals surface area contributed by atoms with Gasteiger partial charge in [-0.3, -0.25) is 9.48 Å². The minimum Gasteiger partial charge on any atom is -0.406 e. The summed E-state index contributed by atoms with van der Waals surface area (Å²) in [5.41, 5.74) is 3.10. The second-order valence-electron chi connectivity index (χ2n) is 7.54. The molecule has 2 amide bonds. The minimum atomic E-state index is -0.783. The number of aromatic amines is 1. The summed E-state index contributed by atoms with van der Waals surface area (Å²) < 4.78 is 8.18. The van der Waals surface area contributed by atoms with Crippen molar-refractivity contribution in [2.24, 2.45) is 13.0 Å². The fourth-order valence-corrected chi connectivity index (χ4v) is 4.50. The standard InChI is InChI=1S/C20H18N8O3S/c1-10(19(29)28-8-11(5-21)9-28)24-20(30)31-14-7-23-18-16(14)25-12(6-22-18)15-17-13(3-4-32-17)27(2)26-15/h3-4,6-7,10-11H,8-9H2,1-2H3,(H,22,23)(H,24,30)/t10-/m1/s1. The Hall–Kier alpha value is -3.98. The number of aryl methyl sites for hydroxylation is 1. The summed E-state index contributed by atoms with van der Waals surface area (Å²) in [6.45, 7) is 2.33. The van der Waals surface area contributed by atoms with E-state index in [0.29, 0.717) is 35.6 Å². The first-order chi connectivity index (χ1) is 15.4. The van der Waals surface area contributed by atoms with E-state index in [-0.39, 0.29) is 17.6 Å². The summed E-state index contributed by atoms with van der Waals surface area (Å²) >= 11 is 1.56. The van der Waals surface area contributed by atoms with Crippen LogP contribution in [0, 0.1) is 17.2 Å². The number of likely N-dealkylation sites (tertiary alicyclic amines) is 1. The zero-order valence-corrected chi connectivity index (χ0v) is 18.0. The smallest absolute Gasteiger partial charge is 0.406 e. The SMILES string of the molecule is C[C@@H](NC(=O)Oc1c[nH]c2ncc(-c3nn(C)c4ccsc34)nc12)C(=O)N1CC(C#N)C1. The number of amides is 2. The Labute approximate surface area is 185 Å². The summed E-state index contributed by atoms with van der Waals surface area (Å²) in [6.07, 6.45) is 2.33. The van der Waals surface area contributed by atoms with Crippen molar-refractivity contribution in [2.75, 3.05) is 13.1 Å². The van der Waals surface area contributed by atoms with Gasteiger partial charge in [0, 0.05) is 26.3 Å². The predicted molar refractivity (Wildman–Crippen MR) is 116 cm³/mol. The van der Waals surface area contributed by atoms with Gasteiger partial charge >= 0.3 is 6.09 Å². The number of nitrogens with one attached hydrogen (secondary N) is 2. The monoisotopic (exact) mass is 450 g/mol. The van der Waals surface area contributed by atoms with Gasteiger partial charge in [-0.1, -0.05) is 0 Å². The number of hydrogen-bond donors (Lipinski definition) is 2. The highest BCUT2D eigenvalue weighted by Crippen LogP contribution is 2.32. The molecule has 12 heteroatoms. The van der Waals surface area contributed by atoms with Gasteiger partial charge in [0.1, 0.15) is 17.4 Å². The zero-order chi connectivity index (χ0) is 22.4. The third-order valence-electron chi connectivity index (χ3n) is 5.33. The average molecular weight is 450 g/mol. The Bertz CT molecular complexity index is 1390. The number of thiophene rings is 1. The third kappa shape index (κ3) is 3.32. The van der Waals surface area contributed by atoms with Crippen LogP contribution in [0.3, 0.4) is 0 Å². The minimum absolute atomic E-state index is 0.147. The quantitative estimate of drug-likeness (QED) is 0.484. The fourth-order valence-electron chi connectivity index (χ4n) is 3.59. The van der Waals surface area contributed by atoms with Crippen molar-refractivity contribution in [2.45, 2.75) is 13.0 Å². The Balaban J connectivity index is 1.33. The van der Waals surface area contributed by atoms with E-state index in [4.69, 9.17) is 10.00 Å². The van der Waals surface area contributed by atoms with Crippen LogP contribution in [0.5, 0.6) is 5.75 Å². The second kappa shape index (κ2) is 7.61. The van der Waals surface area contributed by atoms with Crippen LogP contribution >= 0.6 is 11.3 Å². The highest BCUT2D eigenvalue weighted by atomic mass is 32.1. The van der Waals surface area contributed by atoms with Crippen LogP contribution in [0.2, 0.25) is 0 Å². The number of H-pyrrole nitrogens is 1. The molecule has 4 aromatic heterocycles. The van der Waals surface area contributed by atoms with Gasteiger partial charge in [0.05, 0.1) is 28.4 Å². The molecule has 4 aromatic rings. The topological polar surface area (TPSA) is 142 Å². The number of nitrogens with zero attached hydrogens (tertiary/aromatic N) is 6. The van der Waals surface area contributed by atoms with E-state index < -0.39 is 12.1 Å². The maximum Gasteiger partial charge on any atom is 0.413 e. The summed E-state index contributed by atoms with van der Waals surface area (Å²) in [4.78, 5) is 38.2. The molecule has 0 unspecified atom stereocenters. The lowest BCUT2D eigenvalue weighted by Crippen LogP contribution is -2.56. The molecular formula is C20H18N8O3S. The first-order valence-corrected chi connectivity index (χ1v) is 10.7. The number of fused-ring (bicyclic) bond motifs is 2. The predicted octanol–water partition coefficient (Wildman–Crippen LogP) is 2.03. The molecule has 5 heterocycles. The van der Waals surface area contributed by atoms with Gasteiger partial charge in [0.15, 0.2) is 16.9 Å². The van der Waals surface area contributed by atoms with Crippen LogP contribution in [0.25, 0.3) is 32.8 Å². The third-order valence-corrected chi connectivity index (χ3v) is 6.24. The maximum atomic E-state index is 12.4. The van der Waals surface area contributed by atoms with Crippen molar-refractivity contribution < 1.29 is 14.3 Å². The molecule has 0 spiro atoms. The van der Waals surface area contributed by atoms with Crippen LogP contribution in [0.4, 0.5) is 4.79 Å². The van der Waals surface area contributed by atoms with Crippen molar-refractivity contribution in [1.29, 1.82) is 5.26 Å². The van der Waals surface area contributed by atoms with Gasteiger partial charge in [0.2, 0.25) is 5.91 Å². The van der Waals surface area contributed by atoms with E-state index in [0.717, 1.165) is 10.2 Å². The Morgan fingerprint density at radius 1 is 1.44 bits per heavy atom. The van der Waals surface area contributed by atoms with Crippen LogP contribution < -0.4 is 10.1 Å². The zero-order valence-electron chi connectivity index (χ0n) is 17.2. The number of carbonyl (C=O) groups excluding carboxylic acids is 2. The molecular weight excluding hydrogens is 432 g/mol. The largest absolute Gasteiger partial charge is 0.413 e. The van der Waals surface area contributed by atoms with Crippen molar-refractivity contribution in [3.05, 3.63) is 23.8 Å². The Kier molecular flexibility index (Phi) is 4.75. The molecule has 0 aromatic carbocycles. The van der Waals surface area contributed by atoms with Crippen molar-refractivity contribution in [1.82, 2.24) is 34.9 Å². The molecule has 1 atom stereocenters. The molecule has 0 radical (unpaired) electrons. The summed E-state index contributed by atoms with van der Waals surface area (Å²) in [5.74, 6) is -0.213. The molecule has 11 nitrogen and oxygen atoms in total. The van der Waals surface area contributed by atoms with Gasteiger partial charge < -0.3 is 19.9 Å². The molecule has 1 aliphatic rings. The Morgan fingerprint density at radius 3 is 3.03 bits per heavy atom. The average Bonchev–Trinajstić information content (AvgIpc) is 3.44. The summed E-state index contributed by atoms with van der Waals surface area (Å²) in [7, 11) is 1.86. The van der Waals surface area contributed by atoms with E-state index in [1.165, 1.54) is 11.1 Å². The van der Waals surface area contributed by atoms with Gasteiger partial charge in [0.25, 0.3) is 0 Å². The number of carbonyl (C=O) groups is 2. The van der Waals surface area contributed by atoms with Crippen LogP contribution in [0.1, 0.15) is 6.92 Å². The van der Waals surface area contributed by atoms with Crippen LogP contribution in [-0.2, 0) is 11.8 Å². The van der Waals surface area contributed by atoms with E-state index in [1.54, 1.807) is 29.1 Å². The second-order valence-corrected chi connectivity index (χ2v) is 8.45. The van der Waals surface area contributed by atoms with Crippen LogP contribution in [-0.4, -0.2) is 60.8 Å². The first-order valence-electron chi connectivity index (χ1n) is 9.86. The molecule has 0 aliphatic carbocycles. The van der Waals surface area contributed by atoms with Gasteiger partial charge in [-0.15, -0.1) is 11.3 Å². The lowest BCUT2D eigenvalue weighted by Gasteiger charge is -2.36. The summed E-state index contributed by atoms with van der Waals surface area (Å²) in [5, 5.41) is 17.9. The maximum absolute atomic E-state index is 12.4. The normalized spacial score (nSPS) is 14.8. The van der Waals surface area contributed by atoms with Crippen molar-refractivity contribution in [3.8, 4) is 23.2 Å². The highest BCUT2D eigenvalue weighted by molar-refractivity contribution is 7.17. The van der Waals surface area contributed by atoms with Crippen molar-refractivity contribution >= 4 is 44.7 Å². The molecule has 0 saturated carbocycles. The van der Waals surface area contributed by atoms with Gasteiger partial charge in [-0.05, 0) is 18.4 Å². The van der Waals surface area contributed by atoms with Crippen LogP contribution in [0.15, 0.2) is 23.8 Å². The molecule has 5 rings (SSSR count). The molecule has 0 bridgehead atoms. The number of aromatic nitrogens is 5. The van der Waals surface area contributed by atoms with E-state index in [9.17, 15) is 9.59 Å². The highest BCUT2D eigenvalue weighted by Gasteiger charge is 2.33. The number of rotatable bonds is 4. The molecule has 32 heavy (non-hydrogen) atoms. The van der Waals surface area contributed by atoms with E-state index in [1.807, 2.05) is 18.5 Å². The number of nitriles is 1. The molecule has 1 aliphatic heterocycles. The van der Waals surface area contributed by atoms with E-state index in [2.05, 4.69) is 31.4 Å². The Morgan fingerprint density at radius 2 is 2.25 bits per heavy atom. The van der Waals surface area contributed by atoms with E-state index >= 15 is 0 Å². The first kappa shape index (κ1) is 20.0. The fraction of sp³-hybridized carbons (Fsp3) is 0.300. The summed E-state index contributed by atoms with van der Waals surface area (Å²) in [6, 6.07) is 3.32. The lowest BCUT2D eigenvalue weighted by atomic mass is 10.0. The van der Waals surface area contributed by atoms with Gasteiger partial charge in [-0.2, -0.15) is 10.4 Å². The molecule has 162 valence electrons. The number of hydrogen-bond acceptors (Lipinski definition) is 8. The van der Waals surface area contributed by atoms with Gasteiger partial charge in [-0.25, -0.2) is 14.8 Å². The molecule has 1 fully saturated rings. The molecule has 1 saturated heterocycles.